The summed E-state index contributed by atoms with van der Waals surface area (Å²) in [4.78, 5) is 11.7. The number of benzene rings is 1. The zero-order valence-corrected chi connectivity index (χ0v) is 11.6. The van der Waals surface area contributed by atoms with Crippen LogP contribution in [0.3, 0.4) is 0 Å². The maximum atomic E-state index is 11.7. The first-order valence-electron chi connectivity index (χ1n) is 6.31. The highest BCUT2D eigenvalue weighted by molar-refractivity contribution is 5.90. The third kappa shape index (κ3) is 4.31. The molecule has 0 aromatic heterocycles. The molecule has 3 nitrogen and oxygen atoms in total. The van der Waals surface area contributed by atoms with Crippen molar-refractivity contribution in [3.05, 3.63) is 29.8 Å². The van der Waals surface area contributed by atoms with Gasteiger partial charge in [0, 0.05) is 18.7 Å². The highest BCUT2D eigenvalue weighted by Gasteiger charge is 2.20. The summed E-state index contributed by atoms with van der Waals surface area (Å²) in [5.41, 5.74) is 2.12. The number of amides is 1. The molecule has 4 heteroatoms. The Bertz CT molecular complexity index is 374. The Hall–Kier alpha value is -1.06. The van der Waals surface area contributed by atoms with Gasteiger partial charge in [0.2, 0.25) is 5.91 Å². The second-order valence-corrected chi connectivity index (χ2v) is 4.78. The summed E-state index contributed by atoms with van der Waals surface area (Å²) in [7, 11) is 1.92. The average Bonchev–Trinajstić information content (AvgIpc) is 2.27. The lowest BCUT2D eigenvalue weighted by Gasteiger charge is -2.24. The van der Waals surface area contributed by atoms with Crippen molar-refractivity contribution in [2.24, 2.45) is 5.92 Å². The topological polar surface area (TPSA) is 41.1 Å². The number of carbonyl (C=O) groups excluding carboxylic acids is 1. The van der Waals surface area contributed by atoms with Gasteiger partial charge >= 0.3 is 0 Å². The molecule has 0 bridgehead atoms. The summed E-state index contributed by atoms with van der Waals surface area (Å²) in [6.07, 6.45) is 4.40. The van der Waals surface area contributed by atoms with Gasteiger partial charge in [0.1, 0.15) is 0 Å². The Kier molecular flexibility index (Phi) is 6.16. The lowest BCUT2D eigenvalue weighted by molar-refractivity contribution is -0.117. The van der Waals surface area contributed by atoms with Gasteiger partial charge in [0.25, 0.3) is 0 Å². The molecule has 18 heavy (non-hydrogen) atoms. The van der Waals surface area contributed by atoms with Crippen molar-refractivity contribution in [2.75, 3.05) is 12.4 Å². The highest BCUT2D eigenvalue weighted by atomic mass is 35.5. The van der Waals surface area contributed by atoms with E-state index in [0.717, 1.165) is 12.2 Å². The van der Waals surface area contributed by atoms with Gasteiger partial charge in [-0.2, -0.15) is 0 Å². The summed E-state index contributed by atoms with van der Waals surface area (Å²) >= 11 is 0. The van der Waals surface area contributed by atoms with Crippen LogP contribution in [0.2, 0.25) is 0 Å². The molecule has 1 amide bonds. The maximum absolute atomic E-state index is 11.7. The minimum Gasteiger partial charge on any atom is -0.326 e. The van der Waals surface area contributed by atoms with E-state index in [2.05, 4.69) is 10.6 Å². The van der Waals surface area contributed by atoms with E-state index in [-0.39, 0.29) is 18.3 Å². The summed E-state index contributed by atoms with van der Waals surface area (Å²) in [6, 6.07) is 8.00. The molecule has 2 N–H and O–H groups in total. The van der Waals surface area contributed by atoms with Gasteiger partial charge in [-0.3, -0.25) is 4.79 Å². The van der Waals surface area contributed by atoms with Gasteiger partial charge in [-0.15, -0.1) is 12.4 Å². The molecule has 100 valence electrons. The third-order valence-corrected chi connectivity index (χ3v) is 3.32. The van der Waals surface area contributed by atoms with Crippen molar-refractivity contribution in [1.82, 2.24) is 5.32 Å². The first-order chi connectivity index (χ1) is 8.28. The number of nitrogens with one attached hydrogen (secondary N) is 2. The summed E-state index contributed by atoms with van der Waals surface area (Å²) in [5.74, 6) is 0.773. The fourth-order valence-electron chi connectivity index (χ4n) is 2.08. The fraction of sp³-hybridized carbons (Fsp3) is 0.500. The summed E-state index contributed by atoms with van der Waals surface area (Å²) in [5, 5.41) is 6.05. The molecule has 0 spiro atoms. The number of hydrogen-bond acceptors (Lipinski definition) is 2. The zero-order valence-electron chi connectivity index (χ0n) is 10.7. The van der Waals surface area contributed by atoms with Gasteiger partial charge in [0.05, 0.1) is 0 Å². The Labute approximate surface area is 115 Å². The molecule has 0 heterocycles. The van der Waals surface area contributed by atoms with E-state index in [1.54, 1.807) is 0 Å². The number of hydrogen-bond donors (Lipinski definition) is 2. The van der Waals surface area contributed by atoms with Gasteiger partial charge < -0.3 is 10.6 Å². The molecule has 1 aliphatic carbocycles. The second kappa shape index (κ2) is 7.39. The molecule has 2 rings (SSSR count). The zero-order chi connectivity index (χ0) is 12.1. The van der Waals surface area contributed by atoms with E-state index < -0.39 is 0 Å². The quantitative estimate of drug-likeness (QED) is 0.862. The fourth-order valence-corrected chi connectivity index (χ4v) is 2.08. The van der Waals surface area contributed by atoms with Crippen LogP contribution in [0, 0.1) is 5.92 Å². The Morgan fingerprint density at radius 2 is 1.94 bits per heavy atom. The molecule has 1 saturated carbocycles. The number of halogens is 1. The lowest BCUT2D eigenvalue weighted by atomic mass is 9.83. The van der Waals surface area contributed by atoms with Crippen molar-refractivity contribution in [1.29, 1.82) is 0 Å². The van der Waals surface area contributed by atoms with Crippen LogP contribution in [0.5, 0.6) is 0 Å². The van der Waals surface area contributed by atoms with E-state index >= 15 is 0 Å². The van der Waals surface area contributed by atoms with Crippen molar-refractivity contribution in [3.8, 4) is 0 Å². The van der Waals surface area contributed by atoms with Crippen LogP contribution in [-0.2, 0) is 11.3 Å². The normalized spacial score (nSPS) is 14.5. The van der Waals surface area contributed by atoms with Crippen LogP contribution >= 0.6 is 12.4 Å². The van der Waals surface area contributed by atoms with Crippen molar-refractivity contribution in [2.45, 2.75) is 32.2 Å². The smallest absolute Gasteiger partial charge is 0.224 e. The van der Waals surface area contributed by atoms with Crippen LogP contribution in [0.15, 0.2) is 24.3 Å². The van der Waals surface area contributed by atoms with E-state index in [0.29, 0.717) is 12.3 Å². The van der Waals surface area contributed by atoms with Crippen LogP contribution < -0.4 is 10.6 Å². The number of rotatable bonds is 5. The predicted octanol–water partition coefficient (Wildman–Crippen LogP) is 2.96. The summed E-state index contributed by atoms with van der Waals surface area (Å²) < 4.78 is 0. The minimum absolute atomic E-state index is 0. The molecule has 0 radical (unpaired) electrons. The molecule has 0 atom stereocenters. The standard InChI is InChI=1S/C14H20N2O.ClH/c1-15-10-12-5-7-13(8-6-12)16-14(17)9-11-3-2-4-11;/h5-8,11,15H,2-4,9-10H2,1H3,(H,16,17);1H. The highest BCUT2D eigenvalue weighted by Crippen LogP contribution is 2.29. The van der Waals surface area contributed by atoms with Gasteiger partial charge in [0.15, 0.2) is 0 Å². The maximum Gasteiger partial charge on any atom is 0.224 e. The van der Waals surface area contributed by atoms with Crippen LogP contribution in [0.1, 0.15) is 31.2 Å². The average molecular weight is 269 g/mol. The van der Waals surface area contributed by atoms with Crippen molar-refractivity contribution >= 4 is 24.0 Å². The van der Waals surface area contributed by atoms with E-state index in [9.17, 15) is 4.79 Å². The van der Waals surface area contributed by atoms with Gasteiger partial charge in [-0.1, -0.05) is 18.6 Å². The van der Waals surface area contributed by atoms with E-state index in [1.165, 1.54) is 24.8 Å². The molecule has 1 aromatic carbocycles. The Morgan fingerprint density at radius 3 is 2.44 bits per heavy atom. The first-order valence-corrected chi connectivity index (χ1v) is 6.31. The predicted molar refractivity (Wildman–Crippen MR) is 77.0 cm³/mol. The van der Waals surface area contributed by atoms with E-state index in [4.69, 9.17) is 0 Å². The van der Waals surface area contributed by atoms with Crippen LogP contribution in [0.25, 0.3) is 0 Å². The number of carbonyl (C=O) groups is 1. The lowest BCUT2D eigenvalue weighted by Crippen LogP contribution is -2.20. The Balaban J connectivity index is 0.00000162. The van der Waals surface area contributed by atoms with Crippen LogP contribution in [-0.4, -0.2) is 13.0 Å². The minimum atomic E-state index is 0. The SMILES string of the molecule is CNCc1ccc(NC(=O)CC2CCC2)cc1.Cl. The van der Waals surface area contributed by atoms with Crippen molar-refractivity contribution < 1.29 is 4.79 Å². The molecular weight excluding hydrogens is 248 g/mol. The van der Waals surface area contributed by atoms with Crippen molar-refractivity contribution in [3.63, 3.8) is 0 Å². The monoisotopic (exact) mass is 268 g/mol. The third-order valence-electron chi connectivity index (χ3n) is 3.32. The van der Waals surface area contributed by atoms with Gasteiger partial charge in [-0.25, -0.2) is 0 Å². The van der Waals surface area contributed by atoms with Gasteiger partial charge in [-0.05, 0) is 43.5 Å². The summed E-state index contributed by atoms with van der Waals surface area (Å²) in [6.45, 7) is 0.857. The second-order valence-electron chi connectivity index (χ2n) is 4.78. The Morgan fingerprint density at radius 1 is 1.28 bits per heavy atom. The molecule has 1 fully saturated rings. The molecule has 0 saturated heterocycles. The van der Waals surface area contributed by atoms with Crippen LogP contribution in [0.4, 0.5) is 5.69 Å². The molecule has 1 aromatic rings. The van der Waals surface area contributed by atoms with E-state index in [1.807, 2.05) is 31.3 Å². The molecular formula is C14H21ClN2O. The number of anilines is 1. The first kappa shape index (κ1) is 15.0. The molecule has 0 unspecified atom stereocenters. The molecule has 1 aliphatic rings. The largest absolute Gasteiger partial charge is 0.326 e. The molecule has 0 aliphatic heterocycles.